The Morgan fingerprint density at radius 1 is 0.844 bits per heavy atom. The molecule has 2 aliphatic rings. The van der Waals surface area contributed by atoms with E-state index < -0.39 is 22.9 Å². The number of aliphatic hydroxyl groups excluding tert-OH is 1. The number of carbonyl (C=O) groups is 2. The third-order valence-electron chi connectivity index (χ3n) is 4.38. The van der Waals surface area contributed by atoms with Gasteiger partial charge in [-0.15, -0.1) is 0 Å². The fraction of sp³-hybridized carbons (Fsp3) is 0.300. The zero-order chi connectivity index (χ0) is 23.4. The average Bonchev–Trinajstić information content (AvgIpc) is 3.44. The fourth-order valence-electron chi connectivity index (χ4n) is 2.74. The van der Waals surface area contributed by atoms with Crippen LogP contribution in [-0.2, 0) is 19.1 Å². The Kier molecular flexibility index (Phi) is 7.94. The molecule has 32 heavy (non-hydrogen) atoms. The van der Waals surface area contributed by atoms with E-state index in [1.165, 1.54) is 26.4 Å². The van der Waals surface area contributed by atoms with Gasteiger partial charge in [0.2, 0.25) is 13.6 Å². The molecule has 0 spiro atoms. The van der Waals surface area contributed by atoms with Gasteiger partial charge in [-0.3, -0.25) is 4.79 Å². The number of hydrogen-bond acceptors (Lipinski definition) is 9. The van der Waals surface area contributed by atoms with Crippen molar-refractivity contribution in [3.8, 4) is 23.0 Å². The number of halogens is 3. The fourth-order valence-corrected chi connectivity index (χ4v) is 3.96. The Bertz CT molecular complexity index is 949. The van der Waals surface area contributed by atoms with Crippen molar-refractivity contribution < 1.29 is 43.1 Å². The number of benzene rings is 2. The minimum Gasteiger partial charge on any atom is -0.468 e. The van der Waals surface area contributed by atoms with Crippen LogP contribution in [0.1, 0.15) is 22.1 Å². The number of rotatable bonds is 4. The Hall–Kier alpha value is -2.40. The lowest BCUT2D eigenvalue weighted by atomic mass is 10.1. The van der Waals surface area contributed by atoms with Crippen LogP contribution < -0.4 is 18.9 Å². The third kappa shape index (κ3) is 5.15. The van der Waals surface area contributed by atoms with E-state index >= 15 is 0 Å². The van der Waals surface area contributed by atoms with Crippen LogP contribution in [0.15, 0.2) is 24.3 Å². The predicted molar refractivity (Wildman–Crippen MR) is 116 cm³/mol. The van der Waals surface area contributed by atoms with E-state index in [2.05, 4.69) is 25.4 Å². The highest BCUT2D eigenvalue weighted by atomic mass is 79.9. The molecule has 2 aromatic carbocycles. The molecular weight excluding hydrogens is 535 g/mol. The lowest BCUT2D eigenvalue weighted by Gasteiger charge is -2.11. The molecule has 1 N–H and O–H groups in total. The molecule has 2 aromatic rings. The first-order valence-electron chi connectivity index (χ1n) is 8.92. The molecule has 0 aliphatic carbocycles. The van der Waals surface area contributed by atoms with Crippen molar-refractivity contribution in [1.82, 2.24) is 0 Å². The summed E-state index contributed by atoms with van der Waals surface area (Å²) in [6.07, 6.45) is -1.42. The molecule has 12 heteroatoms. The first kappa shape index (κ1) is 24.2. The van der Waals surface area contributed by atoms with Crippen LogP contribution in [0.4, 0.5) is 0 Å². The molecule has 0 aromatic heterocycles. The number of aliphatic hydroxyl groups is 1. The van der Waals surface area contributed by atoms with Gasteiger partial charge in [0, 0.05) is 22.7 Å². The van der Waals surface area contributed by atoms with Crippen LogP contribution in [-0.4, -0.2) is 44.9 Å². The summed E-state index contributed by atoms with van der Waals surface area (Å²) in [4.78, 5) is 21.9. The maximum absolute atomic E-state index is 11.4. The van der Waals surface area contributed by atoms with E-state index in [0.29, 0.717) is 33.6 Å². The summed E-state index contributed by atoms with van der Waals surface area (Å²) in [6.45, 7) is 0.268. The van der Waals surface area contributed by atoms with Gasteiger partial charge in [-0.05, 0) is 17.7 Å². The summed E-state index contributed by atoms with van der Waals surface area (Å²) < 4.78 is 29.6. The number of ether oxygens (including phenoxy) is 6. The van der Waals surface area contributed by atoms with Crippen molar-refractivity contribution in [2.24, 2.45) is 0 Å². The Morgan fingerprint density at radius 3 is 1.72 bits per heavy atom. The van der Waals surface area contributed by atoms with E-state index in [0.717, 1.165) is 0 Å². The van der Waals surface area contributed by atoms with Crippen LogP contribution in [0.2, 0.25) is 10.0 Å². The summed E-state index contributed by atoms with van der Waals surface area (Å²) in [6, 6.07) is 6.25. The quantitative estimate of drug-likeness (QED) is 0.446. The summed E-state index contributed by atoms with van der Waals surface area (Å²) in [5.74, 6) is 0.903. The van der Waals surface area contributed by atoms with E-state index in [4.69, 9.17) is 42.1 Å². The normalized spacial score (nSPS) is 14.7. The molecule has 9 nitrogen and oxygen atoms in total. The molecular formula is C20H17BrCl2O9. The van der Waals surface area contributed by atoms with Crippen molar-refractivity contribution in [3.63, 3.8) is 0 Å². The van der Waals surface area contributed by atoms with Gasteiger partial charge in [0.25, 0.3) is 0 Å². The molecule has 2 aliphatic heterocycles. The molecule has 0 bridgehead atoms. The monoisotopic (exact) mass is 550 g/mol. The molecule has 0 radical (unpaired) electrons. The summed E-state index contributed by atoms with van der Waals surface area (Å²) in [7, 11) is 2.50. The van der Waals surface area contributed by atoms with Crippen LogP contribution >= 0.6 is 39.1 Å². The molecule has 0 amide bonds. The summed E-state index contributed by atoms with van der Waals surface area (Å²) >= 11 is 15.1. The van der Waals surface area contributed by atoms with Crippen LogP contribution in [0, 0.1) is 0 Å². The second-order valence-electron chi connectivity index (χ2n) is 6.27. The summed E-state index contributed by atoms with van der Waals surface area (Å²) in [5.41, 5.74) is 0.829. The van der Waals surface area contributed by atoms with Crippen molar-refractivity contribution in [3.05, 3.63) is 45.4 Å². The molecule has 0 saturated carbocycles. The molecule has 172 valence electrons. The van der Waals surface area contributed by atoms with Gasteiger partial charge in [0.15, 0.2) is 29.1 Å². The Labute approximate surface area is 201 Å². The zero-order valence-electron chi connectivity index (χ0n) is 16.7. The van der Waals surface area contributed by atoms with Gasteiger partial charge in [-0.2, -0.15) is 0 Å². The van der Waals surface area contributed by atoms with Gasteiger partial charge in [0.05, 0.1) is 19.2 Å². The van der Waals surface area contributed by atoms with E-state index in [9.17, 15) is 14.7 Å². The smallest absolute Gasteiger partial charge is 0.339 e. The predicted octanol–water partition coefficient (Wildman–Crippen LogP) is 3.95. The highest BCUT2D eigenvalue weighted by Gasteiger charge is 2.26. The van der Waals surface area contributed by atoms with Gasteiger partial charge in [-0.25, -0.2) is 4.79 Å². The molecule has 2 heterocycles. The van der Waals surface area contributed by atoms with Crippen LogP contribution in [0.5, 0.6) is 23.0 Å². The maximum atomic E-state index is 11.4. The number of alkyl halides is 1. The number of fused-ring (bicyclic) bond motifs is 2. The molecule has 0 saturated heterocycles. The molecule has 4 rings (SSSR count). The van der Waals surface area contributed by atoms with Crippen molar-refractivity contribution >= 4 is 51.1 Å². The largest absolute Gasteiger partial charge is 0.468 e. The number of methoxy groups -OCH3 is 2. The SMILES string of the molecule is COC(=O)C(Br)c1cc2c(cc1Cl)OCO2.COC(=O)C(O)c1cc2c(cc1Cl)OCO2. The first-order valence-corrected chi connectivity index (χ1v) is 10.6. The summed E-state index contributed by atoms with van der Waals surface area (Å²) in [5, 5.41) is 10.3. The topological polar surface area (TPSA) is 110 Å². The van der Waals surface area contributed by atoms with Gasteiger partial charge < -0.3 is 33.5 Å². The lowest BCUT2D eigenvalue weighted by Crippen LogP contribution is -2.13. The molecule has 2 unspecified atom stereocenters. The minimum atomic E-state index is -1.42. The van der Waals surface area contributed by atoms with Crippen LogP contribution in [0.25, 0.3) is 0 Å². The second-order valence-corrected chi connectivity index (χ2v) is 8.00. The van der Waals surface area contributed by atoms with Crippen molar-refractivity contribution in [2.75, 3.05) is 27.8 Å². The number of carbonyl (C=O) groups excluding carboxylic acids is 2. The van der Waals surface area contributed by atoms with Gasteiger partial charge in [0.1, 0.15) is 4.83 Å². The Morgan fingerprint density at radius 2 is 1.25 bits per heavy atom. The van der Waals surface area contributed by atoms with E-state index in [1.807, 2.05) is 0 Å². The van der Waals surface area contributed by atoms with E-state index in [-0.39, 0.29) is 24.2 Å². The third-order valence-corrected chi connectivity index (χ3v) is 5.91. The van der Waals surface area contributed by atoms with Gasteiger partial charge >= 0.3 is 11.9 Å². The molecule has 0 fully saturated rings. The zero-order valence-corrected chi connectivity index (χ0v) is 19.8. The van der Waals surface area contributed by atoms with Gasteiger partial charge in [-0.1, -0.05) is 39.1 Å². The first-order chi connectivity index (χ1) is 15.3. The van der Waals surface area contributed by atoms with Crippen molar-refractivity contribution in [2.45, 2.75) is 10.9 Å². The standard InChI is InChI=1S/C10H8BrClO4.C10H9ClO5/c1-14-10(13)9(11)5-2-7-8(3-6(5)12)16-4-15-7;1-14-10(13)9(12)5-2-7-8(3-6(5)11)16-4-15-7/h2-3,9H,4H2,1H3;2-3,9,12H,4H2,1H3. The van der Waals surface area contributed by atoms with Crippen LogP contribution in [0.3, 0.4) is 0 Å². The minimum absolute atomic E-state index is 0.101. The highest BCUT2D eigenvalue weighted by molar-refractivity contribution is 9.09. The number of hydrogen-bond donors (Lipinski definition) is 1. The van der Waals surface area contributed by atoms with E-state index in [1.54, 1.807) is 12.1 Å². The molecule has 2 atom stereocenters. The second kappa shape index (κ2) is 10.5. The Balaban J connectivity index is 0.000000181. The number of esters is 2. The highest BCUT2D eigenvalue weighted by Crippen LogP contribution is 2.41. The maximum Gasteiger partial charge on any atom is 0.339 e. The average molecular weight is 552 g/mol. The lowest BCUT2D eigenvalue weighted by molar-refractivity contribution is -0.150. The van der Waals surface area contributed by atoms with Crippen molar-refractivity contribution in [1.29, 1.82) is 0 Å².